The molecule has 372 valence electrons. The number of azo groups is 4. The number of anilines is 2. The number of rotatable bonds is 17. The van der Waals surface area contributed by atoms with E-state index in [1.165, 1.54) is 72.8 Å². The summed E-state index contributed by atoms with van der Waals surface area (Å²) in [5, 5.41) is 40.2. The molecule has 2 amide bonds. The van der Waals surface area contributed by atoms with Crippen molar-refractivity contribution in [1.29, 1.82) is 0 Å². The molecule has 23 nitrogen and oxygen atoms in total. The van der Waals surface area contributed by atoms with Crippen LogP contribution < -0.4 is 10.6 Å². The summed E-state index contributed by atoms with van der Waals surface area (Å²) in [6, 6.07) is 30.5. The maximum Gasteiger partial charge on any atom is 0.323 e. The van der Waals surface area contributed by atoms with Crippen molar-refractivity contribution in [2.24, 2.45) is 40.9 Å². The fraction of sp³-hybridized carbons (Fsp3) is 0.0217. The van der Waals surface area contributed by atoms with E-state index in [9.17, 15) is 56.7 Å². The van der Waals surface area contributed by atoms with Gasteiger partial charge in [-0.3, -0.25) is 18.2 Å². The van der Waals surface area contributed by atoms with E-state index in [1.807, 2.05) is 0 Å². The Labute approximate surface area is 415 Å². The minimum atomic E-state index is -4.61. The predicted molar refractivity (Wildman–Crippen MR) is 270 cm³/mol. The summed E-state index contributed by atoms with van der Waals surface area (Å²) >= 11 is 0. The lowest BCUT2D eigenvalue weighted by Crippen LogP contribution is -2.19. The zero-order valence-corrected chi connectivity index (χ0v) is 40.4. The molecule has 0 saturated carbocycles. The first-order chi connectivity index (χ1) is 34.5. The molecule has 0 aliphatic carbocycles. The zero-order chi connectivity index (χ0) is 52.6. The van der Waals surface area contributed by atoms with Crippen LogP contribution in [0, 0.1) is 0 Å². The van der Waals surface area contributed by atoms with Crippen LogP contribution in [0.25, 0.3) is 21.5 Å². The number of fused-ring (bicyclic) bond motifs is 2. The molecule has 0 aliphatic rings. The van der Waals surface area contributed by atoms with Gasteiger partial charge in [-0.05, 0) is 133 Å². The lowest BCUT2D eigenvalue weighted by molar-refractivity contribution is 0.262. The molecule has 27 heteroatoms. The Bertz CT molecular complexity index is 3960. The first kappa shape index (κ1) is 52.4. The summed E-state index contributed by atoms with van der Waals surface area (Å²) in [4.78, 5) is 11.3. The van der Waals surface area contributed by atoms with Crippen molar-refractivity contribution in [3.8, 4) is 0 Å². The van der Waals surface area contributed by atoms with Gasteiger partial charge in [0.1, 0.15) is 0 Å². The maximum absolute atomic E-state index is 12.9. The largest absolute Gasteiger partial charge is 0.323 e. The summed E-state index contributed by atoms with van der Waals surface area (Å²) in [7, 11) is -18.2. The molecule has 0 saturated heterocycles. The molecular formula is C46H36N10O13S4. The van der Waals surface area contributed by atoms with Crippen molar-refractivity contribution < 1.29 is 56.7 Å². The standard InChI is InChI=1S/C46H36N10O13S4/c1-2-4-34(70(58,59)60)5-3-26-47-53-44-24-22-42(38-20-18-36(27-40(38)44)72(64,65)66)54-50-31-10-6-29(7-11-31)48-46(57)49-30-8-12-32(13-9-30)51-55-43-23-25-45(41-28-37(73(67,68)69)19-21-39(41)43)56-52-33-14-16-35(17-15-33)71(61,62)63/h2-25,27-28H,1,26H2,(H2,48,49,57)(H,58,59,60)(H,61,62,63)(H,64,65,66)(H,67,68,69)/b5-3-,34-4+,53-47?,54-50?,55-51?,56-52?. The zero-order valence-electron chi connectivity index (χ0n) is 37.1. The second kappa shape index (κ2) is 21.9. The summed E-state index contributed by atoms with van der Waals surface area (Å²) in [5.74, 6) is 0. The Kier molecular flexibility index (Phi) is 15.7. The van der Waals surface area contributed by atoms with E-state index in [0.717, 1.165) is 24.3 Å². The SMILES string of the molecule is C=C/C=C(\C=C/CN=Nc1ccc(N=Nc2ccc(NC(=O)Nc3ccc(N=Nc4ccc(N=Nc5ccc(S(=O)(=O)O)cc5)c5cc(S(=O)(=O)O)ccc45)cc3)cc2)c2ccc(S(=O)(=O)O)cc12)S(=O)(=O)O. The van der Waals surface area contributed by atoms with Gasteiger partial charge in [0.2, 0.25) is 0 Å². The minimum Gasteiger partial charge on any atom is -0.308 e. The predicted octanol–water partition coefficient (Wildman–Crippen LogP) is 12.2. The van der Waals surface area contributed by atoms with E-state index in [4.69, 9.17) is 0 Å². The van der Waals surface area contributed by atoms with E-state index in [0.29, 0.717) is 44.9 Å². The summed E-state index contributed by atoms with van der Waals surface area (Å²) < 4.78 is 132. The molecule has 0 radical (unpaired) electrons. The molecule has 0 atom stereocenters. The molecule has 0 fully saturated rings. The number of hydrogen-bond acceptors (Lipinski definition) is 17. The molecular weight excluding hydrogens is 1030 g/mol. The highest BCUT2D eigenvalue weighted by atomic mass is 32.2. The van der Waals surface area contributed by atoms with Crippen molar-refractivity contribution in [1.82, 2.24) is 0 Å². The summed E-state index contributed by atoms with van der Waals surface area (Å²) in [5.41, 5.74) is 2.74. The molecule has 0 heterocycles. The van der Waals surface area contributed by atoms with E-state index < -0.39 is 61.2 Å². The van der Waals surface area contributed by atoms with Gasteiger partial charge in [-0.25, -0.2) is 4.79 Å². The third kappa shape index (κ3) is 13.9. The summed E-state index contributed by atoms with van der Waals surface area (Å²) in [6.07, 6.45) is 4.69. The molecule has 0 unspecified atom stereocenters. The monoisotopic (exact) mass is 1060 g/mol. The Morgan fingerprint density at radius 1 is 0.466 bits per heavy atom. The average Bonchev–Trinajstić information content (AvgIpc) is 3.34. The van der Waals surface area contributed by atoms with Crippen LogP contribution in [0.5, 0.6) is 0 Å². The molecule has 7 rings (SSSR count). The minimum absolute atomic E-state index is 0.128. The van der Waals surface area contributed by atoms with Gasteiger partial charge in [0.15, 0.2) is 0 Å². The smallest absolute Gasteiger partial charge is 0.308 e. The van der Waals surface area contributed by atoms with Crippen molar-refractivity contribution in [3.63, 3.8) is 0 Å². The molecule has 0 spiro atoms. The second-order valence-corrected chi connectivity index (χ2v) is 20.6. The molecule has 0 aliphatic heterocycles. The van der Waals surface area contributed by atoms with Gasteiger partial charge in [0.25, 0.3) is 40.5 Å². The van der Waals surface area contributed by atoms with Crippen molar-refractivity contribution in [2.45, 2.75) is 14.7 Å². The highest BCUT2D eigenvalue weighted by Crippen LogP contribution is 2.38. The first-order valence-corrected chi connectivity index (χ1v) is 26.3. The van der Waals surface area contributed by atoms with Crippen LogP contribution in [0.4, 0.5) is 56.0 Å². The normalized spacial score (nSPS) is 13.1. The number of benzene rings is 7. The third-order valence-electron chi connectivity index (χ3n) is 9.91. The summed E-state index contributed by atoms with van der Waals surface area (Å²) in [6.45, 7) is 3.27. The van der Waals surface area contributed by atoms with Crippen LogP contribution >= 0.6 is 0 Å². The van der Waals surface area contributed by atoms with E-state index in [1.54, 1.807) is 60.7 Å². The number of amides is 2. The number of carbonyl (C=O) groups excluding carboxylic acids is 1. The van der Waals surface area contributed by atoms with E-state index >= 15 is 0 Å². The first-order valence-electron chi connectivity index (χ1n) is 20.6. The van der Waals surface area contributed by atoms with Gasteiger partial charge in [0, 0.05) is 32.9 Å². The number of carbonyl (C=O) groups is 1. The molecule has 6 N–H and O–H groups in total. The quantitative estimate of drug-likeness (QED) is 0.0281. The van der Waals surface area contributed by atoms with Gasteiger partial charge in [-0.1, -0.05) is 30.9 Å². The van der Waals surface area contributed by atoms with Gasteiger partial charge >= 0.3 is 6.03 Å². The van der Waals surface area contributed by atoms with Crippen molar-refractivity contribution >= 4 is 119 Å². The van der Waals surface area contributed by atoms with Crippen LogP contribution in [0.2, 0.25) is 0 Å². The Balaban J connectivity index is 0.997. The van der Waals surface area contributed by atoms with Crippen LogP contribution in [0.1, 0.15) is 0 Å². The number of nitrogens with one attached hydrogen (secondary N) is 2. The number of hydrogen-bond donors (Lipinski definition) is 6. The maximum atomic E-state index is 12.9. The molecule has 0 bridgehead atoms. The fourth-order valence-electron chi connectivity index (χ4n) is 6.47. The number of allylic oxidation sites excluding steroid dienone is 3. The topological polar surface area (TPSA) is 357 Å². The van der Waals surface area contributed by atoms with Crippen LogP contribution in [0.3, 0.4) is 0 Å². The Morgan fingerprint density at radius 3 is 1.22 bits per heavy atom. The van der Waals surface area contributed by atoms with E-state index in [2.05, 4.69) is 58.1 Å². The Morgan fingerprint density at radius 2 is 0.836 bits per heavy atom. The molecule has 7 aromatic rings. The highest BCUT2D eigenvalue weighted by molar-refractivity contribution is 7.90. The molecule has 0 aromatic heterocycles. The van der Waals surface area contributed by atoms with Gasteiger partial charge < -0.3 is 10.6 Å². The van der Waals surface area contributed by atoms with Crippen molar-refractivity contribution in [3.05, 3.63) is 169 Å². The van der Waals surface area contributed by atoms with Crippen LogP contribution in [-0.4, -0.2) is 64.5 Å². The van der Waals surface area contributed by atoms with Gasteiger partial charge in [-0.2, -0.15) is 59.2 Å². The van der Waals surface area contributed by atoms with Gasteiger partial charge in [0.05, 0.1) is 65.9 Å². The fourth-order valence-corrected chi connectivity index (χ4v) is 8.50. The third-order valence-corrected chi connectivity index (χ3v) is 13.3. The molecule has 7 aromatic carbocycles. The van der Waals surface area contributed by atoms with Gasteiger partial charge in [-0.15, -0.1) is 15.3 Å². The Hall–Kier alpha value is -8.41. The lowest BCUT2D eigenvalue weighted by atomic mass is 10.1. The average molecular weight is 1070 g/mol. The van der Waals surface area contributed by atoms with Crippen LogP contribution in [0.15, 0.2) is 225 Å². The lowest BCUT2D eigenvalue weighted by Gasteiger charge is -2.08. The second-order valence-electron chi connectivity index (χ2n) is 14.9. The highest BCUT2D eigenvalue weighted by Gasteiger charge is 2.17. The number of urea groups is 1. The van der Waals surface area contributed by atoms with Crippen molar-refractivity contribution in [2.75, 3.05) is 17.2 Å². The molecule has 73 heavy (non-hydrogen) atoms. The van der Waals surface area contributed by atoms with Crippen LogP contribution in [-0.2, 0) is 40.5 Å². The number of nitrogens with zero attached hydrogens (tertiary/aromatic N) is 8. The van der Waals surface area contributed by atoms with E-state index in [-0.39, 0.29) is 39.3 Å².